The van der Waals surface area contributed by atoms with Crippen LogP contribution in [0, 0.1) is 0 Å². The van der Waals surface area contributed by atoms with Gasteiger partial charge in [-0.3, -0.25) is 0 Å². The summed E-state index contributed by atoms with van der Waals surface area (Å²) in [6.45, 7) is 0. The average Bonchev–Trinajstić information content (AvgIpc) is 1.00. The molecule has 0 amide bonds. The van der Waals surface area contributed by atoms with E-state index < -0.39 is 0 Å². The van der Waals surface area contributed by atoms with Crippen molar-refractivity contribution in [3.63, 3.8) is 0 Å². The normalized spacial score (nSPS) is 1.50. The maximum absolute atomic E-state index is 8.38. The second kappa shape index (κ2) is 18.0. The Morgan fingerprint density at radius 3 is 1.25 bits per heavy atom. The van der Waals surface area contributed by atoms with Crippen molar-refractivity contribution in [1.82, 2.24) is 0 Å². The third-order valence-electron chi connectivity index (χ3n) is 0. The van der Waals surface area contributed by atoms with Gasteiger partial charge in [-0.15, -0.1) is 0 Å². The summed E-state index contributed by atoms with van der Waals surface area (Å²) >= 11 is 0.125. The van der Waals surface area contributed by atoms with Crippen molar-refractivity contribution in [3.05, 3.63) is 0 Å². The molecule has 0 aromatic heterocycles. The average molecular weight is 150 g/mol. The van der Waals surface area contributed by atoms with Crippen LogP contribution in [-0.4, -0.2) is 60.8 Å². The van der Waals surface area contributed by atoms with Gasteiger partial charge in [-0.2, -0.15) is 0 Å². The van der Waals surface area contributed by atoms with Gasteiger partial charge in [0, 0.05) is 0 Å². The van der Waals surface area contributed by atoms with Gasteiger partial charge in [0.05, 0.1) is 0 Å². The van der Waals surface area contributed by atoms with Crippen molar-refractivity contribution in [2.24, 2.45) is 0 Å². The Hall–Kier alpha value is 2.45. The Morgan fingerprint density at radius 1 is 1.25 bits per heavy atom. The molecule has 0 radical (unpaired) electrons. The molecule has 0 atom stereocenters. The molecule has 0 bridgehead atoms. The molecule has 16 valence electrons. The summed E-state index contributed by atoms with van der Waals surface area (Å²) in [5, 5.41) is 0. The summed E-state index contributed by atoms with van der Waals surface area (Å²) < 4.78 is 8.38. The molecule has 0 N–H and O–H groups in total. The Labute approximate surface area is 81.0 Å². The van der Waals surface area contributed by atoms with Crippen LogP contribution in [0.2, 0.25) is 0 Å². The van der Waals surface area contributed by atoms with Crippen molar-refractivity contribution in [2.75, 3.05) is 0 Å². The zero-order chi connectivity index (χ0) is 2.00. The Kier molecular flexibility index (Phi) is 72.4. The molecule has 0 saturated heterocycles. The summed E-state index contributed by atoms with van der Waals surface area (Å²) in [7, 11) is 0. The van der Waals surface area contributed by atoms with Crippen LogP contribution in [0.4, 0.5) is 0 Å². The molecule has 0 fully saturated rings. The number of hydrogen-bond acceptors (Lipinski definition) is 1. The summed E-state index contributed by atoms with van der Waals surface area (Å²) in [6.07, 6.45) is 0. The van der Waals surface area contributed by atoms with Gasteiger partial charge in [0.25, 0.3) is 0 Å². The molecule has 0 saturated carbocycles. The molecule has 0 rings (SSSR count). The molecule has 1 nitrogen and oxygen atoms in total. The first-order chi connectivity index (χ1) is 1.00. The maximum atomic E-state index is 8.38. The van der Waals surface area contributed by atoms with Crippen LogP contribution >= 0.6 is 0 Å². The van der Waals surface area contributed by atoms with Crippen molar-refractivity contribution in [1.29, 1.82) is 0 Å². The zero-order valence-corrected chi connectivity index (χ0v) is 4.08. The second-order valence-electron chi connectivity index (χ2n) is 0. The molecule has 0 aromatic carbocycles. The van der Waals surface area contributed by atoms with Gasteiger partial charge in [-0.25, -0.2) is 0 Å². The monoisotopic (exact) mass is 148 g/mol. The Morgan fingerprint density at radius 2 is 1.25 bits per heavy atom. The fourth-order valence-corrected chi connectivity index (χ4v) is 0. The quantitative estimate of drug-likeness (QED) is 0.366. The van der Waals surface area contributed by atoms with Crippen LogP contribution in [0.25, 0.3) is 0 Å². The van der Waals surface area contributed by atoms with E-state index in [0.717, 1.165) is 0 Å². The van der Waals surface area contributed by atoms with Gasteiger partial charge >= 0.3 is 82.6 Å². The molecular weight excluding hydrogens is 146 g/mol. The van der Waals surface area contributed by atoms with Crippen LogP contribution in [0.3, 0.4) is 0 Å². The van der Waals surface area contributed by atoms with Crippen molar-refractivity contribution in [2.45, 2.75) is 0 Å². The van der Waals surface area contributed by atoms with Gasteiger partial charge in [-0.1, -0.05) is 0 Å². The van der Waals surface area contributed by atoms with Crippen LogP contribution in [0.1, 0.15) is 0 Å². The van der Waals surface area contributed by atoms with E-state index in [-0.39, 0.29) is 79.0 Å². The molecule has 4 heavy (non-hydrogen) atoms. The topological polar surface area (TPSA) is 17.1 Å². The summed E-state index contributed by atoms with van der Waals surface area (Å²) in [4.78, 5) is 0. The number of hydrogen-bond donors (Lipinski definition) is 0. The van der Waals surface area contributed by atoms with E-state index >= 15 is 0 Å². The van der Waals surface area contributed by atoms with E-state index in [1.807, 2.05) is 0 Å². The fraction of sp³-hybridized carbons (Fsp3) is 0. The van der Waals surface area contributed by atoms with Gasteiger partial charge in [0.1, 0.15) is 0 Å². The van der Waals surface area contributed by atoms with E-state index in [9.17, 15) is 0 Å². The van der Waals surface area contributed by atoms with Gasteiger partial charge < -0.3 is 0 Å². The van der Waals surface area contributed by atoms with E-state index in [4.69, 9.17) is 3.57 Å². The molecule has 4 heteroatoms. The predicted molar refractivity (Wildman–Crippen MR) is 17.8 cm³/mol. The summed E-state index contributed by atoms with van der Waals surface area (Å²) in [5.41, 5.74) is 0. The number of rotatable bonds is 0. The molecule has 0 heterocycles. The van der Waals surface area contributed by atoms with Gasteiger partial charge in [0.2, 0.25) is 0 Å². The molecule has 0 aliphatic heterocycles. The van der Waals surface area contributed by atoms with Crippen LogP contribution in [0.15, 0.2) is 0 Å². The van der Waals surface area contributed by atoms with Gasteiger partial charge in [0.15, 0.2) is 0 Å². The molecule has 0 aromatic rings. The van der Waals surface area contributed by atoms with E-state index in [0.29, 0.717) is 0 Å². The summed E-state index contributed by atoms with van der Waals surface area (Å²) in [6, 6.07) is 0. The first kappa shape index (κ1) is 16.1. The second-order valence-corrected chi connectivity index (χ2v) is 0. The van der Waals surface area contributed by atoms with E-state index in [1.165, 1.54) is 0 Å². The minimum absolute atomic E-state index is 0. The van der Waals surface area contributed by atoms with Crippen LogP contribution < -0.4 is 0 Å². The van der Waals surface area contributed by atoms with Crippen molar-refractivity contribution in [3.8, 4) is 0 Å². The first-order valence-electron chi connectivity index (χ1n) is 0.289. The van der Waals surface area contributed by atoms with E-state index in [1.54, 1.807) is 0 Å². The summed E-state index contributed by atoms with van der Waals surface area (Å²) in [5.74, 6) is 0. The van der Waals surface area contributed by atoms with Crippen LogP contribution in [0.5, 0.6) is 0 Å². The first-order valence-corrected chi connectivity index (χ1v) is 1.50. The fourth-order valence-electron chi connectivity index (χ4n) is 0. The zero-order valence-electron chi connectivity index (χ0n) is 1.12. The Bertz CT molecular complexity index is 8.00. The standard InChI is InChI=1S/Ca.Mg.O.Zn.4H. The van der Waals surface area contributed by atoms with Crippen molar-refractivity contribution >= 4 is 60.8 Å². The SMILES string of the molecule is [CaH2].[MgH2].[O]=[Zn]. The molecule has 0 unspecified atom stereocenters. The van der Waals surface area contributed by atoms with E-state index in [2.05, 4.69) is 0 Å². The Balaban J connectivity index is -0.00000000500. The molecule has 0 spiro atoms. The third-order valence-corrected chi connectivity index (χ3v) is 0. The molecule has 0 aliphatic rings. The molecule has 0 aliphatic carbocycles. The third kappa shape index (κ3) is 8.82. The van der Waals surface area contributed by atoms with Crippen LogP contribution in [-0.2, 0) is 21.8 Å². The minimum atomic E-state index is 0. The predicted octanol–water partition coefficient (Wildman–Crippen LogP) is -1.95. The van der Waals surface area contributed by atoms with Gasteiger partial charge in [-0.05, 0) is 0 Å². The van der Waals surface area contributed by atoms with Crippen molar-refractivity contribution < 1.29 is 21.8 Å². The molecular formula is H4CaMgOZn.